The number of hydrogen-bond acceptors (Lipinski definition) is 2. The summed E-state index contributed by atoms with van der Waals surface area (Å²) in [5.74, 6) is 0.551. The molecule has 0 radical (unpaired) electrons. The van der Waals surface area contributed by atoms with Crippen LogP contribution in [0, 0.1) is 0 Å². The number of fused-ring (bicyclic) bond motifs is 1. The van der Waals surface area contributed by atoms with E-state index < -0.39 is 13.0 Å². The van der Waals surface area contributed by atoms with E-state index in [9.17, 15) is 8.78 Å². The quantitative estimate of drug-likeness (QED) is 0.850. The first kappa shape index (κ1) is 14.3. The third kappa shape index (κ3) is 3.90. The van der Waals surface area contributed by atoms with Crippen molar-refractivity contribution in [3.63, 3.8) is 0 Å². The fourth-order valence-electron chi connectivity index (χ4n) is 2.57. The van der Waals surface area contributed by atoms with E-state index in [1.807, 2.05) is 12.1 Å². The van der Waals surface area contributed by atoms with Gasteiger partial charge in [-0.15, -0.1) is 0 Å². The fourth-order valence-corrected chi connectivity index (χ4v) is 2.57. The first-order valence-corrected chi connectivity index (χ1v) is 6.98. The molecule has 0 fully saturated rings. The van der Waals surface area contributed by atoms with Crippen molar-refractivity contribution in [3.05, 3.63) is 29.3 Å². The Hall–Kier alpha value is -1.16. The smallest absolute Gasteiger partial charge is 0.272 e. The summed E-state index contributed by atoms with van der Waals surface area (Å²) in [6, 6.07) is 6.13. The predicted octanol–water partition coefficient (Wildman–Crippen LogP) is 3.71. The van der Waals surface area contributed by atoms with Crippen LogP contribution >= 0.6 is 0 Å². The SMILES string of the molecule is CCCNC1CCCc2cc(OCC(F)F)ccc21. The summed E-state index contributed by atoms with van der Waals surface area (Å²) in [5.41, 5.74) is 2.52. The van der Waals surface area contributed by atoms with E-state index in [0.29, 0.717) is 11.8 Å². The Balaban J connectivity index is 2.07. The molecule has 1 aliphatic carbocycles. The lowest BCUT2D eigenvalue weighted by atomic mass is 9.87. The van der Waals surface area contributed by atoms with Crippen molar-refractivity contribution in [2.45, 2.75) is 45.1 Å². The van der Waals surface area contributed by atoms with Crippen molar-refractivity contribution in [1.29, 1.82) is 0 Å². The highest BCUT2D eigenvalue weighted by atomic mass is 19.3. The molecule has 1 aliphatic rings. The number of aryl methyl sites for hydroxylation is 1. The molecule has 2 nitrogen and oxygen atoms in total. The van der Waals surface area contributed by atoms with Crippen molar-refractivity contribution in [2.24, 2.45) is 0 Å². The third-order valence-corrected chi connectivity index (χ3v) is 3.45. The maximum absolute atomic E-state index is 12.1. The van der Waals surface area contributed by atoms with Gasteiger partial charge >= 0.3 is 0 Å². The van der Waals surface area contributed by atoms with E-state index in [2.05, 4.69) is 12.2 Å². The van der Waals surface area contributed by atoms with E-state index in [1.165, 1.54) is 11.1 Å². The number of halogens is 2. The lowest BCUT2D eigenvalue weighted by Crippen LogP contribution is -2.25. The number of rotatable bonds is 6. The second-order valence-electron chi connectivity index (χ2n) is 4.96. The van der Waals surface area contributed by atoms with Crippen LogP contribution in [-0.2, 0) is 6.42 Å². The van der Waals surface area contributed by atoms with Gasteiger partial charge in [-0.1, -0.05) is 13.0 Å². The minimum Gasteiger partial charge on any atom is -0.488 e. The van der Waals surface area contributed by atoms with Gasteiger partial charge in [-0.25, -0.2) is 8.78 Å². The van der Waals surface area contributed by atoms with Gasteiger partial charge in [0, 0.05) is 6.04 Å². The highest BCUT2D eigenvalue weighted by Gasteiger charge is 2.20. The summed E-state index contributed by atoms with van der Waals surface area (Å²) >= 11 is 0. The maximum Gasteiger partial charge on any atom is 0.272 e. The maximum atomic E-state index is 12.1. The van der Waals surface area contributed by atoms with Gasteiger partial charge in [0.1, 0.15) is 12.4 Å². The van der Waals surface area contributed by atoms with Gasteiger partial charge in [0.25, 0.3) is 6.43 Å². The van der Waals surface area contributed by atoms with Crippen LogP contribution in [0.25, 0.3) is 0 Å². The zero-order chi connectivity index (χ0) is 13.7. The van der Waals surface area contributed by atoms with Gasteiger partial charge in [0.05, 0.1) is 0 Å². The van der Waals surface area contributed by atoms with Crippen molar-refractivity contribution >= 4 is 0 Å². The zero-order valence-electron chi connectivity index (χ0n) is 11.3. The van der Waals surface area contributed by atoms with Crippen LogP contribution in [-0.4, -0.2) is 19.6 Å². The Morgan fingerprint density at radius 2 is 2.26 bits per heavy atom. The summed E-state index contributed by atoms with van der Waals surface area (Å²) in [4.78, 5) is 0. The Kier molecular flexibility index (Phi) is 5.14. The summed E-state index contributed by atoms with van der Waals surface area (Å²) < 4.78 is 29.3. The Morgan fingerprint density at radius 1 is 1.42 bits per heavy atom. The molecule has 0 saturated heterocycles. The molecule has 0 saturated carbocycles. The largest absolute Gasteiger partial charge is 0.488 e. The van der Waals surface area contributed by atoms with Gasteiger partial charge < -0.3 is 10.1 Å². The second-order valence-corrected chi connectivity index (χ2v) is 4.96. The first-order valence-electron chi connectivity index (χ1n) is 6.98. The second kappa shape index (κ2) is 6.85. The molecule has 1 aromatic carbocycles. The Labute approximate surface area is 113 Å². The molecule has 2 rings (SSSR count). The summed E-state index contributed by atoms with van der Waals surface area (Å²) in [6.45, 7) is 2.63. The monoisotopic (exact) mass is 269 g/mol. The van der Waals surface area contributed by atoms with E-state index in [0.717, 1.165) is 32.2 Å². The summed E-state index contributed by atoms with van der Waals surface area (Å²) in [6.07, 6.45) is 1.97. The van der Waals surface area contributed by atoms with Crippen molar-refractivity contribution in [3.8, 4) is 5.75 Å². The van der Waals surface area contributed by atoms with Crippen LogP contribution in [0.4, 0.5) is 8.78 Å². The van der Waals surface area contributed by atoms with Crippen LogP contribution < -0.4 is 10.1 Å². The average Bonchev–Trinajstić information content (AvgIpc) is 2.42. The fraction of sp³-hybridized carbons (Fsp3) is 0.600. The summed E-state index contributed by atoms with van der Waals surface area (Å²) in [5, 5.41) is 3.54. The average molecular weight is 269 g/mol. The van der Waals surface area contributed by atoms with E-state index in [4.69, 9.17) is 4.74 Å². The normalized spacial score (nSPS) is 18.4. The molecule has 4 heteroatoms. The third-order valence-electron chi connectivity index (χ3n) is 3.45. The standard InChI is InChI=1S/C15H21F2NO/c1-2-8-18-14-5-3-4-11-9-12(6-7-13(11)14)19-10-15(16)17/h6-7,9,14-15,18H,2-5,8,10H2,1H3. The molecule has 0 bridgehead atoms. The number of alkyl halides is 2. The molecule has 106 valence electrons. The van der Waals surface area contributed by atoms with Gasteiger partial charge in [0.2, 0.25) is 0 Å². The molecular weight excluding hydrogens is 248 g/mol. The Bertz CT molecular complexity index is 409. The van der Waals surface area contributed by atoms with Gasteiger partial charge in [-0.3, -0.25) is 0 Å². The number of hydrogen-bond donors (Lipinski definition) is 1. The molecule has 0 heterocycles. The van der Waals surface area contributed by atoms with Crippen LogP contribution in [0.2, 0.25) is 0 Å². The van der Waals surface area contributed by atoms with Gasteiger partial charge in [-0.05, 0) is 55.5 Å². The van der Waals surface area contributed by atoms with E-state index >= 15 is 0 Å². The van der Waals surface area contributed by atoms with Gasteiger partial charge in [-0.2, -0.15) is 0 Å². The highest BCUT2D eigenvalue weighted by molar-refractivity contribution is 5.39. The summed E-state index contributed by atoms with van der Waals surface area (Å²) in [7, 11) is 0. The van der Waals surface area contributed by atoms with Crippen LogP contribution in [0.15, 0.2) is 18.2 Å². The molecule has 0 amide bonds. The minimum absolute atomic E-state index is 0.396. The van der Waals surface area contributed by atoms with Gasteiger partial charge in [0.15, 0.2) is 0 Å². The Morgan fingerprint density at radius 3 is 3.00 bits per heavy atom. The highest BCUT2D eigenvalue weighted by Crippen LogP contribution is 2.32. The number of nitrogens with one attached hydrogen (secondary N) is 1. The molecule has 1 N–H and O–H groups in total. The van der Waals surface area contributed by atoms with Crippen LogP contribution in [0.3, 0.4) is 0 Å². The number of benzene rings is 1. The minimum atomic E-state index is -2.42. The van der Waals surface area contributed by atoms with Crippen molar-refractivity contribution < 1.29 is 13.5 Å². The molecule has 1 atom stereocenters. The van der Waals surface area contributed by atoms with Crippen LogP contribution in [0.1, 0.15) is 43.4 Å². The first-order chi connectivity index (χ1) is 9.20. The van der Waals surface area contributed by atoms with E-state index in [1.54, 1.807) is 6.07 Å². The molecule has 19 heavy (non-hydrogen) atoms. The molecule has 0 aliphatic heterocycles. The molecule has 0 aromatic heterocycles. The number of ether oxygens (including phenoxy) is 1. The molecule has 1 unspecified atom stereocenters. The van der Waals surface area contributed by atoms with Crippen LogP contribution in [0.5, 0.6) is 5.75 Å². The van der Waals surface area contributed by atoms with Crippen molar-refractivity contribution in [1.82, 2.24) is 5.32 Å². The lowest BCUT2D eigenvalue weighted by Gasteiger charge is -2.27. The van der Waals surface area contributed by atoms with E-state index in [-0.39, 0.29) is 0 Å². The molecule has 1 aromatic rings. The van der Waals surface area contributed by atoms with Crippen molar-refractivity contribution in [2.75, 3.05) is 13.2 Å². The topological polar surface area (TPSA) is 21.3 Å². The lowest BCUT2D eigenvalue weighted by molar-refractivity contribution is 0.0818. The molecule has 0 spiro atoms. The zero-order valence-corrected chi connectivity index (χ0v) is 11.3. The molecular formula is C15H21F2NO. The predicted molar refractivity (Wildman–Crippen MR) is 71.9 cm³/mol.